The Balaban J connectivity index is 2.29. The summed E-state index contributed by atoms with van der Waals surface area (Å²) in [4.78, 5) is 7.63. The number of aromatic nitrogens is 2. The van der Waals surface area contributed by atoms with Gasteiger partial charge in [0.25, 0.3) is 0 Å². The van der Waals surface area contributed by atoms with Crippen LogP contribution in [-0.2, 0) is 0 Å². The molecule has 0 fully saturated rings. The zero-order valence-electron chi connectivity index (χ0n) is 9.55. The first-order chi connectivity index (χ1) is 9.06. The van der Waals surface area contributed by atoms with Crippen LogP contribution in [0.4, 0.5) is 5.69 Å². The molecule has 3 nitrogen and oxygen atoms in total. The number of aromatic amines is 1. The molecule has 3 N–H and O–H groups in total. The predicted octanol–water partition coefficient (Wildman–Crippen LogP) is 4.88. The monoisotopic (exact) mass is 355 g/mol. The average molecular weight is 357 g/mol. The third-order valence-corrected chi connectivity index (χ3v) is 3.93. The number of nitrogen functional groups attached to an aromatic ring is 1. The maximum Gasteiger partial charge on any atom is 0.140 e. The van der Waals surface area contributed by atoms with Gasteiger partial charge in [0.2, 0.25) is 0 Å². The molecule has 0 aliphatic heterocycles. The fourth-order valence-electron chi connectivity index (χ4n) is 1.89. The topological polar surface area (TPSA) is 54.7 Å². The molecule has 3 rings (SSSR count). The van der Waals surface area contributed by atoms with Crippen LogP contribution in [-0.4, -0.2) is 9.97 Å². The lowest BCUT2D eigenvalue weighted by Gasteiger charge is -2.02. The standard InChI is InChI=1S/C13H8BrCl2N3/c14-6-1-4-10(17)7(5-6)13-18-11-8(15)2-3-9(16)12(11)19-13/h1-5H,17H2,(H,18,19). The Morgan fingerprint density at radius 2 is 1.84 bits per heavy atom. The molecule has 2 aromatic carbocycles. The van der Waals surface area contributed by atoms with E-state index in [1.165, 1.54) is 0 Å². The van der Waals surface area contributed by atoms with Gasteiger partial charge in [0.05, 0.1) is 15.6 Å². The van der Waals surface area contributed by atoms with Crippen LogP contribution in [0.2, 0.25) is 10.0 Å². The molecule has 1 heterocycles. The Kier molecular flexibility index (Phi) is 3.17. The molecular formula is C13H8BrCl2N3. The SMILES string of the molecule is Nc1ccc(Br)cc1-c1nc2c(Cl)ccc(Cl)c2[nH]1. The molecule has 0 bridgehead atoms. The van der Waals surface area contributed by atoms with Gasteiger partial charge in [-0.2, -0.15) is 0 Å². The predicted molar refractivity (Wildman–Crippen MR) is 83.7 cm³/mol. The Morgan fingerprint density at radius 3 is 2.58 bits per heavy atom. The fourth-order valence-corrected chi connectivity index (χ4v) is 2.65. The van der Waals surface area contributed by atoms with Crippen LogP contribution in [0.1, 0.15) is 0 Å². The maximum absolute atomic E-state index is 6.13. The van der Waals surface area contributed by atoms with E-state index in [-0.39, 0.29) is 0 Å². The molecule has 3 aromatic rings. The highest BCUT2D eigenvalue weighted by Crippen LogP contribution is 2.33. The first-order valence-corrected chi connectivity index (χ1v) is 7.00. The van der Waals surface area contributed by atoms with E-state index in [1.807, 2.05) is 18.2 Å². The van der Waals surface area contributed by atoms with E-state index < -0.39 is 0 Å². The van der Waals surface area contributed by atoms with Crippen LogP contribution < -0.4 is 5.73 Å². The highest BCUT2D eigenvalue weighted by Gasteiger charge is 2.13. The lowest BCUT2D eigenvalue weighted by Crippen LogP contribution is -1.91. The number of anilines is 1. The molecule has 0 radical (unpaired) electrons. The minimum Gasteiger partial charge on any atom is -0.398 e. The van der Waals surface area contributed by atoms with Crippen LogP contribution in [0.25, 0.3) is 22.4 Å². The van der Waals surface area contributed by atoms with Gasteiger partial charge < -0.3 is 10.7 Å². The molecule has 0 saturated heterocycles. The number of nitrogens with two attached hydrogens (primary N) is 1. The van der Waals surface area contributed by atoms with E-state index in [0.29, 0.717) is 32.6 Å². The van der Waals surface area contributed by atoms with E-state index in [9.17, 15) is 0 Å². The molecule has 0 aliphatic carbocycles. The number of nitrogens with zero attached hydrogens (tertiary/aromatic N) is 1. The third-order valence-electron chi connectivity index (χ3n) is 2.82. The van der Waals surface area contributed by atoms with E-state index in [2.05, 4.69) is 25.9 Å². The van der Waals surface area contributed by atoms with Crippen molar-refractivity contribution in [3.05, 3.63) is 44.8 Å². The molecule has 6 heteroatoms. The molecule has 96 valence electrons. The molecule has 0 saturated carbocycles. The second-order valence-electron chi connectivity index (χ2n) is 4.07. The Labute approximate surface area is 127 Å². The summed E-state index contributed by atoms with van der Waals surface area (Å²) in [6, 6.07) is 9.05. The maximum atomic E-state index is 6.13. The van der Waals surface area contributed by atoms with Gasteiger partial charge in [-0.3, -0.25) is 0 Å². The van der Waals surface area contributed by atoms with E-state index >= 15 is 0 Å². The lowest BCUT2D eigenvalue weighted by atomic mass is 10.2. The number of rotatable bonds is 1. The van der Waals surface area contributed by atoms with Gasteiger partial charge in [0, 0.05) is 15.7 Å². The highest BCUT2D eigenvalue weighted by molar-refractivity contribution is 9.10. The van der Waals surface area contributed by atoms with Crippen molar-refractivity contribution < 1.29 is 0 Å². The normalized spacial score (nSPS) is 11.1. The van der Waals surface area contributed by atoms with Crippen LogP contribution >= 0.6 is 39.1 Å². The van der Waals surface area contributed by atoms with Crippen LogP contribution in [0, 0.1) is 0 Å². The van der Waals surface area contributed by atoms with Crippen molar-refractivity contribution in [1.29, 1.82) is 0 Å². The average Bonchev–Trinajstić information content (AvgIpc) is 2.83. The summed E-state index contributed by atoms with van der Waals surface area (Å²) >= 11 is 15.7. The Morgan fingerprint density at radius 1 is 1.11 bits per heavy atom. The van der Waals surface area contributed by atoms with Crippen molar-refractivity contribution >= 4 is 55.9 Å². The number of fused-ring (bicyclic) bond motifs is 1. The second kappa shape index (κ2) is 4.71. The number of hydrogen-bond donors (Lipinski definition) is 2. The van der Waals surface area contributed by atoms with E-state index in [1.54, 1.807) is 12.1 Å². The zero-order chi connectivity index (χ0) is 13.6. The van der Waals surface area contributed by atoms with Crippen molar-refractivity contribution in [2.45, 2.75) is 0 Å². The van der Waals surface area contributed by atoms with E-state index in [4.69, 9.17) is 28.9 Å². The fraction of sp³-hybridized carbons (Fsp3) is 0. The molecule has 0 amide bonds. The number of H-pyrrole nitrogens is 1. The highest BCUT2D eigenvalue weighted by atomic mass is 79.9. The van der Waals surface area contributed by atoms with Crippen LogP contribution in [0.3, 0.4) is 0 Å². The minimum atomic E-state index is 0.551. The molecular weight excluding hydrogens is 349 g/mol. The first-order valence-electron chi connectivity index (χ1n) is 5.45. The molecule has 19 heavy (non-hydrogen) atoms. The summed E-state index contributed by atoms with van der Waals surface area (Å²) < 4.78 is 0.925. The first kappa shape index (κ1) is 12.8. The third kappa shape index (κ3) is 2.20. The second-order valence-corrected chi connectivity index (χ2v) is 5.80. The van der Waals surface area contributed by atoms with Crippen molar-refractivity contribution in [2.24, 2.45) is 0 Å². The summed E-state index contributed by atoms with van der Waals surface area (Å²) in [6.07, 6.45) is 0. The largest absolute Gasteiger partial charge is 0.398 e. The van der Waals surface area contributed by atoms with Gasteiger partial charge in [-0.25, -0.2) is 4.98 Å². The van der Waals surface area contributed by atoms with Gasteiger partial charge in [-0.05, 0) is 30.3 Å². The quantitative estimate of drug-likeness (QED) is 0.610. The molecule has 0 spiro atoms. The van der Waals surface area contributed by atoms with Crippen LogP contribution in [0.15, 0.2) is 34.8 Å². The number of benzene rings is 2. The smallest absolute Gasteiger partial charge is 0.140 e. The summed E-state index contributed by atoms with van der Waals surface area (Å²) in [5.41, 5.74) is 8.76. The van der Waals surface area contributed by atoms with Crippen molar-refractivity contribution in [2.75, 3.05) is 5.73 Å². The minimum absolute atomic E-state index is 0.551. The van der Waals surface area contributed by atoms with Crippen molar-refractivity contribution in [3.63, 3.8) is 0 Å². The van der Waals surface area contributed by atoms with Crippen molar-refractivity contribution in [1.82, 2.24) is 9.97 Å². The number of imidazole rings is 1. The summed E-state index contributed by atoms with van der Waals surface area (Å²) in [6.45, 7) is 0. The molecule has 0 unspecified atom stereocenters. The van der Waals surface area contributed by atoms with Crippen molar-refractivity contribution in [3.8, 4) is 11.4 Å². The summed E-state index contributed by atoms with van der Waals surface area (Å²) in [5.74, 6) is 0.642. The molecule has 0 atom stereocenters. The molecule has 0 aliphatic rings. The van der Waals surface area contributed by atoms with Gasteiger partial charge in [-0.1, -0.05) is 39.1 Å². The van der Waals surface area contributed by atoms with Gasteiger partial charge in [-0.15, -0.1) is 0 Å². The number of nitrogens with one attached hydrogen (secondary N) is 1. The summed E-state index contributed by atoms with van der Waals surface area (Å²) in [7, 11) is 0. The van der Waals surface area contributed by atoms with Crippen LogP contribution in [0.5, 0.6) is 0 Å². The number of hydrogen-bond acceptors (Lipinski definition) is 2. The Hall–Kier alpha value is -1.23. The zero-order valence-corrected chi connectivity index (χ0v) is 12.6. The molecule has 1 aromatic heterocycles. The Bertz CT molecular complexity index is 744. The summed E-state index contributed by atoms with van der Waals surface area (Å²) in [5, 5.41) is 1.13. The van der Waals surface area contributed by atoms with Gasteiger partial charge in [0.1, 0.15) is 11.3 Å². The lowest BCUT2D eigenvalue weighted by molar-refractivity contribution is 1.33. The number of halogens is 3. The van der Waals surface area contributed by atoms with Gasteiger partial charge >= 0.3 is 0 Å². The van der Waals surface area contributed by atoms with E-state index in [0.717, 1.165) is 10.0 Å². The van der Waals surface area contributed by atoms with Gasteiger partial charge in [0.15, 0.2) is 0 Å².